The standard InChI is InChI=1S/C9H16N2O2/c1-8(2)5-6(10-13)7(12)9(3,4)11-8/h11,13H,5H2,1-4H3. The third-order valence-corrected chi connectivity index (χ3v) is 2.21. The first-order valence-corrected chi connectivity index (χ1v) is 4.33. The van der Waals surface area contributed by atoms with E-state index in [2.05, 4.69) is 10.5 Å². The van der Waals surface area contributed by atoms with Crippen molar-refractivity contribution < 1.29 is 10.0 Å². The van der Waals surface area contributed by atoms with E-state index < -0.39 is 5.54 Å². The number of nitrogens with one attached hydrogen (secondary N) is 1. The van der Waals surface area contributed by atoms with E-state index in [1.54, 1.807) is 13.8 Å². The van der Waals surface area contributed by atoms with Crippen LogP contribution in [0.4, 0.5) is 0 Å². The molecule has 0 aromatic rings. The molecule has 0 radical (unpaired) electrons. The molecular weight excluding hydrogens is 168 g/mol. The lowest BCUT2D eigenvalue weighted by atomic mass is 9.80. The van der Waals surface area contributed by atoms with Crippen molar-refractivity contribution in [2.75, 3.05) is 0 Å². The lowest BCUT2D eigenvalue weighted by molar-refractivity contribution is -0.119. The summed E-state index contributed by atoms with van der Waals surface area (Å²) in [5, 5.41) is 14.9. The van der Waals surface area contributed by atoms with Crippen LogP contribution in [0.25, 0.3) is 0 Å². The van der Waals surface area contributed by atoms with Crippen molar-refractivity contribution in [3.8, 4) is 0 Å². The second-order valence-corrected chi connectivity index (χ2v) is 4.69. The minimum Gasteiger partial charge on any atom is -0.411 e. The number of carbonyl (C=O) groups excluding carboxylic acids is 1. The molecule has 1 saturated heterocycles. The van der Waals surface area contributed by atoms with Gasteiger partial charge in [0, 0.05) is 12.0 Å². The molecular formula is C9H16N2O2. The molecule has 0 amide bonds. The van der Waals surface area contributed by atoms with E-state index in [0.717, 1.165) is 0 Å². The second-order valence-electron chi connectivity index (χ2n) is 4.69. The molecule has 0 spiro atoms. The summed E-state index contributed by atoms with van der Waals surface area (Å²) in [4.78, 5) is 11.6. The Balaban J connectivity index is 3.02. The van der Waals surface area contributed by atoms with Crippen molar-refractivity contribution in [3.05, 3.63) is 0 Å². The van der Waals surface area contributed by atoms with Crippen molar-refractivity contribution in [2.45, 2.75) is 45.2 Å². The molecule has 0 unspecified atom stereocenters. The monoisotopic (exact) mass is 184 g/mol. The lowest BCUT2D eigenvalue weighted by Crippen LogP contribution is -2.63. The van der Waals surface area contributed by atoms with Gasteiger partial charge in [-0.05, 0) is 27.7 Å². The largest absolute Gasteiger partial charge is 0.411 e. The molecule has 2 N–H and O–H groups in total. The van der Waals surface area contributed by atoms with Crippen LogP contribution in [0.1, 0.15) is 34.1 Å². The average Bonchev–Trinajstić information content (AvgIpc) is 1.95. The minimum absolute atomic E-state index is 0.130. The van der Waals surface area contributed by atoms with Gasteiger partial charge < -0.3 is 5.21 Å². The van der Waals surface area contributed by atoms with Crippen molar-refractivity contribution in [1.29, 1.82) is 0 Å². The summed E-state index contributed by atoms with van der Waals surface area (Å²) in [5.74, 6) is -0.130. The Hall–Kier alpha value is -0.900. The number of carbonyl (C=O) groups is 1. The Morgan fingerprint density at radius 3 is 2.38 bits per heavy atom. The summed E-state index contributed by atoms with van der Waals surface area (Å²) in [5.41, 5.74) is -0.573. The molecule has 0 bridgehead atoms. The molecule has 0 atom stereocenters. The highest BCUT2D eigenvalue weighted by Crippen LogP contribution is 2.23. The van der Waals surface area contributed by atoms with Crippen molar-refractivity contribution >= 4 is 11.5 Å². The summed E-state index contributed by atoms with van der Waals surface area (Å²) in [7, 11) is 0. The predicted octanol–water partition coefficient (Wildman–Crippen LogP) is 0.936. The second kappa shape index (κ2) is 2.80. The first-order chi connectivity index (χ1) is 5.78. The zero-order valence-electron chi connectivity index (χ0n) is 8.51. The van der Waals surface area contributed by atoms with Gasteiger partial charge in [0.25, 0.3) is 0 Å². The van der Waals surface area contributed by atoms with Gasteiger partial charge in [-0.15, -0.1) is 0 Å². The maximum Gasteiger partial charge on any atom is 0.199 e. The molecule has 13 heavy (non-hydrogen) atoms. The average molecular weight is 184 g/mol. The number of rotatable bonds is 0. The van der Waals surface area contributed by atoms with Gasteiger partial charge in [-0.3, -0.25) is 10.1 Å². The first-order valence-electron chi connectivity index (χ1n) is 4.33. The maximum absolute atomic E-state index is 11.6. The van der Waals surface area contributed by atoms with E-state index in [1.807, 2.05) is 13.8 Å². The van der Waals surface area contributed by atoms with E-state index in [-0.39, 0.29) is 17.0 Å². The topological polar surface area (TPSA) is 61.7 Å². The fraction of sp³-hybridized carbons (Fsp3) is 0.778. The number of ketones is 1. The van der Waals surface area contributed by atoms with Gasteiger partial charge in [0.2, 0.25) is 0 Å². The highest BCUT2D eigenvalue weighted by Gasteiger charge is 2.42. The molecule has 1 rings (SSSR count). The van der Waals surface area contributed by atoms with Crippen LogP contribution < -0.4 is 5.32 Å². The number of Topliss-reactive ketones (excluding diaryl/α,β-unsaturated/α-hetero) is 1. The van der Waals surface area contributed by atoms with Crippen LogP contribution >= 0.6 is 0 Å². The van der Waals surface area contributed by atoms with Gasteiger partial charge in [0.15, 0.2) is 5.78 Å². The molecule has 1 aliphatic heterocycles. The molecule has 0 aliphatic carbocycles. The van der Waals surface area contributed by atoms with Crippen LogP contribution in [0.2, 0.25) is 0 Å². The number of oxime groups is 1. The fourth-order valence-corrected chi connectivity index (χ4v) is 1.89. The van der Waals surface area contributed by atoms with E-state index in [4.69, 9.17) is 5.21 Å². The van der Waals surface area contributed by atoms with Crippen LogP contribution in [0.3, 0.4) is 0 Å². The zero-order valence-corrected chi connectivity index (χ0v) is 8.51. The van der Waals surface area contributed by atoms with Crippen LogP contribution in [-0.4, -0.2) is 27.8 Å². The van der Waals surface area contributed by atoms with Crippen LogP contribution in [0, 0.1) is 0 Å². The molecule has 0 aromatic carbocycles. The Kier molecular flexibility index (Phi) is 2.20. The zero-order chi connectivity index (χ0) is 10.3. The van der Waals surface area contributed by atoms with Gasteiger partial charge in [0.1, 0.15) is 5.71 Å². The summed E-state index contributed by atoms with van der Waals surface area (Å²) in [6.45, 7) is 7.54. The Morgan fingerprint density at radius 2 is 1.92 bits per heavy atom. The number of hydrogen-bond acceptors (Lipinski definition) is 4. The normalized spacial score (nSPS) is 29.2. The molecule has 74 valence electrons. The van der Waals surface area contributed by atoms with E-state index in [1.165, 1.54) is 0 Å². The SMILES string of the molecule is CC1(C)CC(=NO)C(=O)C(C)(C)N1. The van der Waals surface area contributed by atoms with Gasteiger partial charge in [0.05, 0.1) is 5.54 Å². The quantitative estimate of drug-likeness (QED) is 0.435. The van der Waals surface area contributed by atoms with E-state index in [0.29, 0.717) is 6.42 Å². The molecule has 1 fully saturated rings. The molecule has 0 aromatic heterocycles. The van der Waals surface area contributed by atoms with E-state index >= 15 is 0 Å². The summed E-state index contributed by atoms with van der Waals surface area (Å²) in [6.07, 6.45) is 0.464. The number of nitrogens with zero attached hydrogens (tertiary/aromatic N) is 1. The summed E-state index contributed by atoms with van der Waals surface area (Å²) < 4.78 is 0. The van der Waals surface area contributed by atoms with Gasteiger partial charge in [-0.25, -0.2) is 0 Å². The molecule has 4 heteroatoms. The van der Waals surface area contributed by atoms with Gasteiger partial charge in [-0.2, -0.15) is 0 Å². The number of piperidine rings is 1. The maximum atomic E-state index is 11.6. The third kappa shape index (κ3) is 1.88. The Bertz CT molecular complexity index is 267. The van der Waals surface area contributed by atoms with Crippen LogP contribution in [0.5, 0.6) is 0 Å². The molecule has 1 aliphatic rings. The smallest absolute Gasteiger partial charge is 0.199 e. The van der Waals surface area contributed by atoms with Gasteiger partial charge in [-0.1, -0.05) is 5.16 Å². The fourth-order valence-electron chi connectivity index (χ4n) is 1.89. The van der Waals surface area contributed by atoms with E-state index in [9.17, 15) is 4.79 Å². The molecule has 0 saturated carbocycles. The molecule has 4 nitrogen and oxygen atoms in total. The first kappa shape index (κ1) is 10.2. The summed E-state index contributed by atoms with van der Waals surface area (Å²) >= 11 is 0. The third-order valence-electron chi connectivity index (χ3n) is 2.21. The predicted molar refractivity (Wildman–Crippen MR) is 50.1 cm³/mol. The molecule has 1 heterocycles. The number of hydrogen-bond donors (Lipinski definition) is 2. The van der Waals surface area contributed by atoms with Crippen LogP contribution in [-0.2, 0) is 4.79 Å². The van der Waals surface area contributed by atoms with Crippen molar-refractivity contribution in [2.24, 2.45) is 5.16 Å². The van der Waals surface area contributed by atoms with Crippen LogP contribution in [0.15, 0.2) is 5.16 Å². The van der Waals surface area contributed by atoms with Crippen molar-refractivity contribution in [1.82, 2.24) is 5.32 Å². The lowest BCUT2D eigenvalue weighted by Gasteiger charge is -2.41. The minimum atomic E-state index is -0.636. The summed E-state index contributed by atoms with van der Waals surface area (Å²) in [6, 6.07) is 0. The Labute approximate surface area is 78.0 Å². The highest BCUT2D eigenvalue weighted by atomic mass is 16.4. The highest BCUT2D eigenvalue weighted by molar-refractivity contribution is 6.43. The van der Waals surface area contributed by atoms with Gasteiger partial charge >= 0.3 is 0 Å². The Morgan fingerprint density at radius 1 is 1.38 bits per heavy atom. The van der Waals surface area contributed by atoms with Crippen molar-refractivity contribution in [3.63, 3.8) is 0 Å².